The lowest BCUT2D eigenvalue weighted by atomic mass is 10.3. The van der Waals surface area contributed by atoms with E-state index < -0.39 is 5.97 Å². The van der Waals surface area contributed by atoms with Gasteiger partial charge in [-0.3, -0.25) is 10.1 Å². The molecule has 0 saturated heterocycles. The number of anilines is 1. The Morgan fingerprint density at radius 2 is 2.67 bits per heavy atom. The van der Waals surface area contributed by atoms with Gasteiger partial charge in [0.1, 0.15) is 25.2 Å². The summed E-state index contributed by atoms with van der Waals surface area (Å²) in [7, 11) is 0. The molecule has 1 aromatic heterocycles. The summed E-state index contributed by atoms with van der Waals surface area (Å²) in [5.41, 5.74) is 0.896. The number of rotatable bonds is 2. The second-order valence-electron chi connectivity index (χ2n) is 2.68. The first kappa shape index (κ1) is 7.54. The summed E-state index contributed by atoms with van der Waals surface area (Å²) in [6.07, 6.45) is 0.123. The van der Waals surface area contributed by atoms with Crippen LogP contribution in [0.3, 0.4) is 0 Å². The van der Waals surface area contributed by atoms with E-state index in [4.69, 9.17) is 5.11 Å². The minimum atomic E-state index is -0.769. The molecule has 0 fully saturated rings. The van der Waals surface area contributed by atoms with Crippen LogP contribution < -0.4 is 9.88 Å². The number of aliphatic carboxylic acids is 1. The fourth-order valence-corrected chi connectivity index (χ4v) is 2.31. The van der Waals surface area contributed by atoms with E-state index >= 15 is 0 Å². The monoisotopic (exact) mass is 185 g/mol. The number of hydrogen-bond acceptors (Lipinski definition) is 3. The van der Waals surface area contributed by atoms with E-state index in [9.17, 15) is 4.79 Å². The summed E-state index contributed by atoms with van der Waals surface area (Å²) in [6.45, 7) is 1.81. The zero-order chi connectivity index (χ0) is 8.55. The summed E-state index contributed by atoms with van der Waals surface area (Å²) in [5, 5.41) is 14.7. The standard InChI is InChI=1S/C7H8N2O2S/c10-6(11)3-5-4-12-7-8-1-2-9(5)7/h4H,1-3H2,(H,10,11)/p+1. The third-order valence-corrected chi connectivity index (χ3v) is 2.82. The van der Waals surface area contributed by atoms with Crippen LogP contribution in [0.15, 0.2) is 5.38 Å². The molecule has 12 heavy (non-hydrogen) atoms. The minimum Gasteiger partial charge on any atom is -0.481 e. The van der Waals surface area contributed by atoms with Gasteiger partial charge in [-0.1, -0.05) is 11.3 Å². The Morgan fingerprint density at radius 1 is 1.83 bits per heavy atom. The topological polar surface area (TPSA) is 53.2 Å². The molecule has 2 N–H and O–H groups in total. The summed E-state index contributed by atoms with van der Waals surface area (Å²) < 4.78 is 2.03. The second-order valence-corrected chi connectivity index (χ2v) is 3.54. The highest BCUT2D eigenvalue weighted by Crippen LogP contribution is 2.16. The lowest BCUT2D eigenvalue weighted by Crippen LogP contribution is -2.34. The van der Waals surface area contributed by atoms with Gasteiger partial charge in [0.15, 0.2) is 0 Å². The average Bonchev–Trinajstić information content (AvgIpc) is 2.52. The largest absolute Gasteiger partial charge is 0.481 e. The number of carbonyl (C=O) groups is 1. The predicted octanol–water partition coefficient (Wildman–Crippen LogP) is 0.0882. The summed E-state index contributed by atoms with van der Waals surface area (Å²) in [4.78, 5) is 10.4. The van der Waals surface area contributed by atoms with Crippen LogP contribution >= 0.6 is 11.3 Å². The van der Waals surface area contributed by atoms with Crippen molar-refractivity contribution in [2.75, 3.05) is 11.9 Å². The Morgan fingerprint density at radius 3 is 3.42 bits per heavy atom. The van der Waals surface area contributed by atoms with E-state index in [0.29, 0.717) is 0 Å². The highest BCUT2D eigenvalue weighted by Gasteiger charge is 2.24. The van der Waals surface area contributed by atoms with Crippen LogP contribution in [0.2, 0.25) is 0 Å². The van der Waals surface area contributed by atoms with Gasteiger partial charge in [0, 0.05) is 5.38 Å². The van der Waals surface area contributed by atoms with Crippen LogP contribution in [0.4, 0.5) is 5.13 Å². The van der Waals surface area contributed by atoms with Crippen LogP contribution in [-0.2, 0) is 17.8 Å². The Kier molecular flexibility index (Phi) is 1.73. The van der Waals surface area contributed by atoms with Gasteiger partial charge in [-0.25, -0.2) is 4.57 Å². The van der Waals surface area contributed by atoms with Crippen LogP contribution in [0.1, 0.15) is 5.69 Å². The molecule has 1 aliphatic rings. The zero-order valence-electron chi connectivity index (χ0n) is 6.41. The van der Waals surface area contributed by atoms with Crippen molar-refractivity contribution in [3.63, 3.8) is 0 Å². The Bertz CT molecular complexity index is 321. The SMILES string of the molecule is O=C(O)Cc1csc2[n+]1CCN2. The van der Waals surface area contributed by atoms with Gasteiger partial charge in [0.05, 0.1) is 0 Å². The molecule has 1 aromatic rings. The van der Waals surface area contributed by atoms with Crippen molar-refractivity contribution in [2.24, 2.45) is 0 Å². The van der Waals surface area contributed by atoms with Crippen molar-refractivity contribution in [1.29, 1.82) is 0 Å². The van der Waals surface area contributed by atoms with E-state index in [0.717, 1.165) is 23.9 Å². The van der Waals surface area contributed by atoms with Crippen molar-refractivity contribution in [1.82, 2.24) is 0 Å². The average molecular weight is 185 g/mol. The molecule has 2 rings (SSSR count). The third kappa shape index (κ3) is 1.16. The molecular weight excluding hydrogens is 176 g/mol. The molecule has 0 atom stereocenters. The van der Waals surface area contributed by atoms with Gasteiger partial charge in [0.25, 0.3) is 0 Å². The number of carboxylic acid groups (broad SMARTS) is 1. The van der Waals surface area contributed by atoms with Gasteiger partial charge < -0.3 is 5.11 Å². The molecule has 0 amide bonds. The van der Waals surface area contributed by atoms with E-state index in [1.54, 1.807) is 11.3 Å². The first-order valence-corrected chi connectivity index (χ1v) is 4.61. The number of hydrogen-bond donors (Lipinski definition) is 2. The number of carboxylic acids is 1. The maximum absolute atomic E-state index is 10.4. The lowest BCUT2D eigenvalue weighted by molar-refractivity contribution is -0.673. The van der Waals surface area contributed by atoms with Crippen molar-refractivity contribution >= 4 is 22.4 Å². The van der Waals surface area contributed by atoms with Crippen molar-refractivity contribution in [2.45, 2.75) is 13.0 Å². The normalized spacial score (nSPS) is 14.0. The summed E-state index contributed by atoms with van der Waals surface area (Å²) in [5.74, 6) is -0.769. The molecule has 0 aliphatic carbocycles. The van der Waals surface area contributed by atoms with Crippen molar-refractivity contribution in [3.05, 3.63) is 11.1 Å². The molecule has 0 saturated carbocycles. The first-order valence-electron chi connectivity index (χ1n) is 3.73. The molecular formula is C7H9N2O2S+. The molecule has 1 aliphatic heterocycles. The molecule has 0 aromatic carbocycles. The molecule has 4 nitrogen and oxygen atoms in total. The Balaban J connectivity index is 2.27. The van der Waals surface area contributed by atoms with E-state index in [2.05, 4.69) is 5.32 Å². The highest BCUT2D eigenvalue weighted by atomic mass is 32.1. The predicted molar refractivity (Wildman–Crippen MR) is 44.3 cm³/mol. The molecule has 64 valence electrons. The summed E-state index contributed by atoms with van der Waals surface area (Å²) >= 11 is 1.57. The quantitative estimate of drug-likeness (QED) is 0.642. The van der Waals surface area contributed by atoms with Gasteiger partial charge in [-0.2, -0.15) is 0 Å². The van der Waals surface area contributed by atoms with Crippen molar-refractivity contribution in [3.8, 4) is 0 Å². The fourth-order valence-electron chi connectivity index (χ4n) is 1.33. The van der Waals surface area contributed by atoms with Crippen molar-refractivity contribution < 1.29 is 14.5 Å². The van der Waals surface area contributed by atoms with Crippen LogP contribution in [-0.4, -0.2) is 17.6 Å². The van der Waals surface area contributed by atoms with E-state index in [1.807, 2.05) is 9.95 Å². The molecule has 0 spiro atoms. The van der Waals surface area contributed by atoms with Gasteiger partial charge in [-0.05, 0) is 0 Å². The maximum atomic E-state index is 10.4. The molecule has 5 heteroatoms. The van der Waals surface area contributed by atoms with Crippen LogP contribution in [0.25, 0.3) is 0 Å². The van der Waals surface area contributed by atoms with E-state index in [1.165, 1.54) is 0 Å². The minimum absolute atomic E-state index is 0.123. The van der Waals surface area contributed by atoms with Gasteiger partial charge >= 0.3 is 11.1 Å². The maximum Gasteiger partial charge on any atom is 0.334 e. The van der Waals surface area contributed by atoms with Crippen LogP contribution in [0, 0.1) is 0 Å². The Hall–Kier alpha value is -1.10. The second kappa shape index (κ2) is 2.75. The molecule has 0 unspecified atom stereocenters. The van der Waals surface area contributed by atoms with Gasteiger partial charge in [0.2, 0.25) is 0 Å². The molecule has 0 radical (unpaired) electrons. The fraction of sp³-hybridized carbons (Fsp3) is 0.429. The van der Waals surface area contributed by atoms with Gasteiger partial charge in [-0.15, -0.1) is 0 Å². The number of nitrogens with zero attached hydrogens (tertiary/aromatic N) is 1. The summed E-state index contributed by atoms with van der Waals surface area (Å²) in [6, 6.07) is 0. The zero-order valence-corrected chi connectivity index (χ0v) is 7.23. The molecule has 0 bridgehead atoms. The number of nitrogens with one attached hydrogen (secondary N) is 1. The lowest BCUT2D eigenvalue weighted by Gasteiger charge is -1.92. The smallest absolute Gasteiger partial charge is 0.334 e. The Labute approximate surface area is 73.5 Å². The first-order chi connectivity index (χ1) is 5.77. The molecule has 2 heterocycles. The van der Waals surface area contributed by atoms with E-state index in [-0.39, 0.29) is 6.42 Å². The number of thiazole rings is 1. The third-order valence-electron chi connectivity index (χ3n) is 1.84. The number of fused-ring (bicyclic) bond motifs is 1. The highest BCUT2D eigenvalue weighted by molar-refractivity contribution is 7.13. The van der Waals surface area contributed by atoms with Crippen LogP contribution in [0.5, 0.6) is 0 Å². The number of aromatic nitrogens is 1.